The smallest absolute Gasteiger partial charge is 0.220 e. The summed E-state index contributed by atoms with van der Waals surface area (Å²) < 4.78 is 5.51. The molecular formula is C13H22ClNO2. The molecule has 3 atom stereocenters. The lowest BCUT2D eigenvalue weighted by Crippen LogP contribution is -2.42. The number of carbonyl (C=O) groups excluding carboxylic acids is 1. The van der Waals surface area contributed by atoms with Gasteiger partial charge in [0.2, 0.25) is 5.91 Å². The highest BCUT2D eigenvalue weighted by molar-refractivity contribution is 6.21. The summed E-state index contributed by atoms with van der Waals surface area (Å²) in [6.45, 7) is 0.860. The van der Waals surface area contributed by atoms with Crippen molar-refractivity contribution >= 4 is 17.5 Å². The van der Waals surface area contributed by atoms with E-state index in [4.69, 9.17) is 16.3 Å². The lowest BCUT2D eigenvalue weighted by Gasteiger charge is -2.28. The van der Waals surface area contributed by atoms with E-state index in [2.05, 4.69) is 5.32 Å². The Balaban J connectivity index is 1.65. The molecule has 1 aliphatic heterocycles. The molecule has 1 aliphatic carbocycles. The van der Waals surface area contributed by atoms with Crippen LogP contribution in [0.2, 0.25) is 0 Å². The number of rotatable bonds is 4. The van der Waals surface area contributed by atoms with E-state index >= 15 is 0 Å². The Morgan fingerprint density at radius 2 is 2.06 bits per heavy atom. The maximum atomic E-state index is 11.8. The molecule has 1 heterocycles. The largest absolute Gasteiger partial charge is 0.378 e. The summed E-state index contributed by atoms with van der Waals surface area (Å²) >= 11 is 6.21. The molecule has 2 rings (SSSR count). The van der Waals surface area contributed by atoms with Gasteiger partial charge >= 0.3 is 0 Å². The van der Waals surface area contributed by atoms with Gasteiger partial charge < -0.3 is 10.1 Å². The highest BCUT2D eigenvalue weighted by Gasteiger charge is 2.25. The number of hydrogen-bond acceptors (Lipinski definition) is 2. The molecule has 0 aromatic heterocycles. The van der Waals surface area contributed by atoms with Crippen LogP contribution in [0.4, 0.5) is 0 Å². The third-order valence-corrected chi connectivity index (χ3v) is 4.27. The third kappa shape index (κ3) is 4.14. The van der Waals surface area contributed by atoms with Crippen molar-refractivity contribution in [2.75, 3.05) is 6.61 Å². The van der Waals surface area contributed by atoms with E-state index in [9.17, 15) is 4.79 Å². The minimum absolute atomic E-state index is 0.121. The zero-order valence-electron chi connectivity index (χ0n) is 10.3. The molecule has 0 bridgehead atoms. The fourth-order valence-corrected chi connectivity index (χ4v) is 3.03. The Kier molecular flexibility index (Phi) is 5.11. The summed E-state index contributed by atoms with van der Waals surface area (Å²) in [5, 5.41) is 3.19. The second-order valence-electron chi connectivity index (χ2n) is 5.15. The minimum atomic E-state index is 0.121. The SMILES string of the molecule is O=C(CCC1CCCO1)NC1CCCCC1Cl. The van der Waals surface area contributed by atoms with E-state index in [0.717, 1.165) is 38.7 Å². The van der Waals surface area contributed by atoms with Gasteiger partial charge in [-0.2, -0.15) is 0 Å². The Morgan fingerprint density at radius 1 is 1.24 bits per heavy atom. The number of amides is 1. The quantitative estimate of drug-likeness (QED) is 0.789. The van der Waals surface area contributed by atoms with Gasteiger partial charge in [0.1, 0.15) is 0 Å². The second-order valence-corrected chi connectivity index (χ2v) is 5.71. The van der Waals surface area contributed by atoms with Crippen LogP contribution in [0, 0.1) is 0 Å². The van der Waals surface area contributed by atoms with Crippen LogP contribution in [0.5, 0.6) is 0 Å². The molecule has 2 aliphatic rings. The molecule has 0 spiro atoms. The maximum absolute atomic E-state index is 11.8. The van der Waals surface area contributed by atoms with E-state index in [1.165, 1.54) is 12.8 Å². The van der Waals surface area contributed by atoms with Gasteiger partial charge in [0.25, 0.3) is 0 Å². The molecule has 4 heteroatoms. The zero-order valence-corrected chi connectivity index (χ0v) is 11.0. The fourth-order valence-electron chi connectivity index (χ4n) is 2.69. The van der Waals surface area contributed by atoms with Gasteiger partial charge in [0, 0.05) is 19.1 Å². The van der Waals surface area contributed by atoms with Gasteiger partial charge in [-0.15, -0.1) is 11.6 Å². The molecule has 3 nitrogen and oxygen atoms in total. The van der Waals surface area contributed by atoms with Crippen LogP contribution in [0.3, 0.4) is 0 Å². The van der Waals surface area contributed by atoms with E-state index in [1.54, 1.807) is 0 Å². The van der Waals surface area contributed by atoms with Gasteiger partial charge in [0.05, 0.1) is 11.5 Å². The Labute approximate surface area is 108 Å². The first-order chi connectivity index (χ1) is 8.25. The molecular weight excluding hydrogens is 238 g/mol. The average molecular weight is 260 g/mol. The Morgan fingerprint density at radius 3 is 2.76 bits per heavy atom. The standard InChI is InChI=1S/C13H22ClNO2/c14-11-5-1-2-6-12(11)15-13(16)8-7-10-4-3-9-17-10/h10-12H,1-9H2,(H,15,16). The van der Waals surface area contributed by atoms with Crippen LogP contribution in [0.25, 0.3) is 0 Å². The maximum Gasteiger partial charge on any atom is 0.220 e. The molecule has 17 heavy (non-hydrogen) atoms. The third-order valence-electron chi connectivity index (χ3n) is 3.75. The summed E-state index contributed by atoms with van der Waals surface area (Å²) in [4.78, 5) is 11.8. The van der Waals surface area contributed by atoms with Gasteiger partial charge in [0.15, 0.2) is 0 Å². The zero-order chi connectivity index (χ0) is 12.1. The first-order valence-electron chi connectivity index (χ1n) is 6.81. The summed E-state index contributed by atoms with van der Waals surface area (Å²) in [5.41, 5.74) is 0. The van der Waals surface area contributed by atoms with Crippen LogP contribution in [-0.4, -0.2) is 30.0 Å². The first-order valence-corrected chi connectivity index (χ1v) is 7.24. The lowest BCUT2D eigenvalue weighted by atomic mass is 9.94. The Hall–Kier alpha value is -0.280. The number of ether oxygens (including phenoxy) is 1. The first kappa shape index (κ1) is 13.2. The van der Waals surface area contributed by atoms with Crippen molar-refractivity contribution in [3.05, 3.63) is 0 Å². The van der Waals surface area contributed by atoms with Crippen molar-refractivity contribution in [2.45, 2.75) is 68.9 Å². The molecule has 1 saturated heterocycles. The highest BCUT2D eigenvalue weighted by atomic mass is 35.5. The predicted molar refractivity (Wildman–Crippen MR) is 68.2 cm³/mol. The number of nitrogens with one attached hydrogen (secondary N) is 1. The van der Waals surface area contributed by atoms with Crippen molar-refractivity contribution in [1.82, 2.24) is 5.32 Å². The van der Waals surface area contributed by atoms with E-state index in [-0.39, 0.29) is 17.3 Å². The molecule has 0 aromatic carbocycles. The molecule has 98 valence electrons. The summed E-state index contributed by atoms with van der Waals surface area (Å²) in [5.74, 6) is 0.137. The minimum Gasteiger partial charge on any atom is -0.378 e. The number of hydrogen-bond donors (Lipinski definition) is 1. The van der Waals surface area contributed by atoms with E-state index in [1.807, 2.05) is 0 Å². The Bertz CT molecular complexity index is 254. The normalized spacial score (nSPS) is 33.6. The lowest BCUT2D eigenvalue weighted by molar-refractivity contribution is -0.122. The molecule has 0 aromatic rings. The van der Waals surface area contributed by atoms with Crippen molar-refractivity contribution in [3.8, 4) is 0 Å². The summed E-state index contributed by atoms with van der Waals surface area (Å²) in [7, 11) is 0. The van der Waals surface area contributed by atoms with Crippen LogP contribution in [0.15, 0.2) is 0 Å². The van der Waals surface area contributed by atoms with Gasteiger partial charge in [-0.05, 0) is 32.1 Å². The van der Waals surface area contributed by atoms with Crippen molar-refractivity contribution in [1.29, 1.82) is 0 Å². The van der Waals surface area contributed by atoms with Crippen LogP contribution in [0.1, 0.15) is 51.4 Å². The predicted octanol–water partition coefficient (Wildman–Crippen LogP) is 2.61. The summed E-state index contributed by atoms with van der Waals surface area (Å²) in [6.07, 6.45) is 8.40. The molecule has 1 N–H and O–H groups in total. The van der Waals surface area contributed by atoms with Gasteiger partial charge in [-0.1, -0.05) is 12.8 Å². The monoisotopic (exact) mass is 259 g/mol. The van der Waals surface area contributed by atoms with Crippen LogP contribution >= 0.6 is 11.6 Å². The van der Waals surface area contributed by atoms with Gasteiger partial charge in [-0.25, -0.2) is 0 Å². The van der Waals surface area contributed by atoms with Crippen molar-refractivity contribution in [2.24, 2.45) is 0 Å². The summed E-state index contributed by atoms with van der Waals surface area (Å²) in [6, 6.07) is 0.183. The molecule has 3 unspecified atom stereocenters. The fraction of sp³-hybridized carbons (Fsp3) is 0.923. The number of alkyl halides is 1. The second kappa shape index (κ2) is 6.60. The molecule has 1 amide bonds. The average Bonchev–Trinajstić information content (AvgIpc) is 2.82. The van der Waals surface area contributed by atoms with E-state index < -0.39 is 0 Å². The molecule has 0 radical (unpaired) electrons. The number of carbonyl (C=O) groups is 1. The van der Waals surface area contributed by atoms with Crippen LogP contribution in [-0.2, 0) is 9.53 Å². The number of halogens is 1. The molecule has 2 fully saturated rings. The van der Waals surface area contributed by atoms with Gasteiger partial charge in [-0.3, -0.25) is 4.79 Å². The van der Waals surface area contributed by atoms with Crippen LogP contribution < -0.4 is 5.32 Å². The van der Waals surface area contributed by atoms with E-state index in [0.29, 0.717) is 12.5 Å². The molecule has 1 saturated carbocycles. The topological polar surface area (TPSA) is 38.3 Å². The van der Waals surface area contributed by atoms with Crippen molar-refractivity contribution in [3.63, 3.8) is 0 Å². The van der Waals surface area contributed by atoms with Crippen molar-refractivity contribution < 1.29 is 9.53 Å². The highest BCUT2D eigenvalue weighted by Crippen LogP contribution is 2.23.